The molecule has 7 nitrogen and oxygen atoms in total. The summed E-state index contributed by atoms with van der Waals surface area (Å²) in [6.07, 6.45) is 3.04. The number of aromatic nitrogens is 2. The monoisotopic (exact) mass is 333 g/mol. The van der Waals surface area contributed by atoms with Gasteiger partial charge in [0.25, 0.3) is 5.56 Å². The molecule has 2 aliphatic rings. The molecule has 3 unspecified atom stereocenters. The Morgan fingerprint density at radius 2 is 1.79 bits per heavy atom. The zero-order chi connectivity index (χ0) is 18.0. The molecule has 0 spiro atoms. The van der Waals surface area contributed by atoms with Crippen LogP contribution >= 0.6 is 0 Å². The highest BCUT2D eigenvalue weighted by Crippen LogP contribution is 2.64. The minimum absolute atomic E-state index is 0.0712. The lowest BCUT2D eigenvalue weighted by Crippen LogP contribution is -2.39. The quantitative estimate of drug-likeness (QED) is 0.802. The molecule has 2 fully saturated rings. The number of Topliss-reactive ketones (excluding diaryl/α,β-unsaturated/α-hetero) is 1. The van der Waals surface area contributed by atoms with Crippen molar-refractivity contribution in [2.45, 2.75) is 39.7 Å². The van der Waals surface area contributed by atoms with Crippen LogP contribution in [0.25, 0.3) is 0 Å². The summed E-state index contributed by atoms with van der Waals surface area (Å²) in [7, 11) is 2.72. The molecule has 1 aromatic heterocycles. The van der Waals surface area contributed by atoms with E-state index in [9.17, 15) is 19.5 Å². The standard InChI is InChI=1S/C17H23N3O4/c1-16(2)10-6-7-17(16,3)12(21)11(10)18-8-9-13(22)19(4)15(24)20(5)14(9)23/h8,10-11,22H,6-7H2,1-5H3. The summed E-state index contributed by atoms with van der Waals surface area (Å²) in [4.78, 5) is 41.1. The zero-order valence-electron chi connectivity index (χ0n) is 14.7. The van der Waals surface area contributed by atoms with Crippen LogP contribution in [0, 0.1) is 16.7 Å². The molecule has 1 N–H and O–H groups in total. The molecule has 0 aromatic carbocycles. The van der Waals surface area contributed by atoms with Crippen molar-refractivity contribution in [1.29, 1.82) is 0 Å². The minimum Gasteiger partial charge on any atom is -0.494 e. The number of hydrogen-bond donors (Lipinski definition) is 1. The maximum Gasteiger partial charge on any atom is 0.333 e. The number of rotatable bonds is 2. The van der Waals surface area contributed by atoms with Gasteiger partial charge in [0.15, 0.2) is 5.78 Å². The van der Waals surface area contributed by atoms with Crippen LogP contribution in [-0.2, 0) is 18.9 Å². The van der Waals surface area contributed by atoms with E-state index in [1.807, 2.05) is 6.92 Å². The Morgan fingerprint density at radius 1 is 1.17 bits per heavy atom. The second kappa shape index (κ2) is 4.91. The average Bonchev–Trinajstić information content (AvgIpc) is 2.84. The van der Waals surface area contributed by atoms with Crippen LogP contribution in [0.2, 0.25) is 0 Å². The molecule has 0 saturated heterocycles. The highest BCUT2D eigenvalue weighted by Gasteiger charge is 2.66. The molecule has 7 heteroatoms. The first-order chi connectivity index (χ1) is 11.0. The number of hydrogen-bond acceptors (Lipinski definition) is 5. The summed E-state index contributed by atoms with van der Waals surface area (Å²) in [6.45, 7) is 6.19. The van der Waals surface area contributed by atoms with Crippen molar-refractivity contribution in [3.63, 3.8) is 0 Å². The third kappa shape index (κ3) is 1.84. The number of aliphatic imine (C=N–C) groups is 1. The van der Waals surface area contributed by atoms with Crippen LogP contribution in [0.3, 0.4) is 0 Å². The first kappa shape index (κ1) is 16.7. The molecule has 24 heavy (non-hydrogen) atoms. The Hall–Kier alpha value is -2.18. The molecule has 3 rings (SSSR count). The average molecular weight is 333 g/mol. The molecule has 1 aromatic rings. The highest BCUT2D eigenvalue weighted by molar-refractivity contribution is 5.96. The van der Waals surface area contributed by atoms with Gasteiger partial charge < -0.3 is 5.11 Å². The van der Waals surface area contributed by atoms with E-state index in [0.717, 1.165) is 22.0 Å². The van der Waals surface area contributed by atoms with E-state index in [1.54, 1.807) is 0 Å². The van der Waals surface area contributed by atoms with Crippen LogP contribution in [0.4, 0.5) is 0 Å². The Labute approximate surface area is 139 Å². The zero-order valence-corrected chi connectivity index (χ0v) is 14.7. The van der Waals surface area contributed by atoms with E-state index >= 15 is 0 Å². The number of fused-ring (bicyclic) bond motifs is 2. The van der Waals surface area contributed by atoms with E-state index < -0.39 is 28.6 Å². The number of aromatic hydroxyl groups is 1. The van der Waals surface area contributed by atoms with Gasteiger partial charge in [0.2, 0.25) is 5.88 Å². The van der Waals surface area contributed by atoms with Crippen molar-refractivity contribution < 1.29 is 9.90 Å². The SMILES string of the molecule is Cn1c(O)c(C=NC2C(=O)C3(C)CCC2C3(C)C)c(=O)n(C)c1=O. The van der Waals surface area contributed by atoms with Crippen molar-refractivity contribution >= 4 is 12.0 Å². The minimum atomic E-state index is -0.625. The predicted molar refractivity (Wildman–Crippen MR) is 89.6 cm³/mol. The van der Waals surface area contributed by atoms with Gasteiger partial charge >= 0.3 is 5.69 Å². The summed E-state index contributed by atoms with van der Waals surface area (Å²) in [5.41, 5.74) is -1.84. The first-order valence-corrected chi connectivity index (χ1v) is 8.10. The van der Waals surface area contributed by atoms with E-state index in [2.05, 4.69) is 18.8 Å². The Morgan fingerprint density at radius 3 is 2.33 bits per heavy atom. The summed E-state index contributed by atoms with van der Waals surface area (Å²) in [5.74, 6) is -0.209. The first-order valence-electron chi connectivity index (χ1n) is 8.10. The van der Waals surface area contributed by atoms with Gasteiger partial charge in [-0.1, -0.05) is 20.8 Å². The second-order valence-corrected chi connectivity index (χ2v) is 7.73. The third-order valence-corrected chi connectivity index (χ3v) is 6.53. The lowest BCUT2D eigenvalue weighted by Gasteiger charge is -2.31. The predicted octanol–water partition coefficient (Wildman–Crippen LogP) is 0.602. The Balaban J connectivity index is 2.04. The van der Waals surface area contributed by atoms with E-state index in [1.165, 1.54) is 20.3 Å². The van der Waals surface area contributed by atoms with Gasteiger partial charge in [0, 0.05) is 25.7 Å². The van der Waals surface area contributed by atoms with Crippen LogP contribution in [0.15, 0.2) is 14.6 Å². The van der Waals surface area contributed by atoms with E-state index in [-0.39, 0.29) is 22.7 Å². The highest BCUT2D eigenvalue weighted by atomic mass is 16.3. The summed E-state index contributed by atoms with van der Waals surface area (Å²) in [6, 6.07) is -0.500. The van der Waals surface area contributed by atoms with Gasteiger partial charge in [-0.15, -0.1) is 0 Å². The Bertz CT molecular complexity index is 877. The normalized spacial score (nSPS) is 31.3. The topological polar surface area (TPSA) is 93.7 Å². The summed E-state index contributed by atoms with van der Waals surface area (Å²) >= 11 is 0. The number of nitrogens with zero attached hydrogens (tertiary/aromatic N) is 3. The second-order valence-electron chi connectivity index (χ2n) is 7.73. The van der Waals surface area contributed by atoms with Gasteiger partial charge in [-0.2, -0.15) is 0 Å². The lowest BCUT2D eigenvalue weighted by atomic mass is 9.70. The maximum atomic E-state index is 12.8. The Kier molecular flexibility index (Phi) is 3.41. The lowest BCUT2D eigenvalue weighted by molar-refractivity contribution is -0.129. The fourth-order valence-electron chi connectivity index (χ4n) is 4.34. The third-order valence-electron chi connectivity index (χ3n) is 6.53. The van der Waals surface area contributed by atoms with Crippen LogP contribution in [-0.4, -0.2) is 32.3 Å². The molecule has 2 saturated carbocycles. The summed E-state index contributed by atoms with van der Waals surface area (Å²) < 4.78 is 1.89. The molecule has 2 aliphatic carbocycles. The molecule has 130 valence electrons. The number of carbonyl (C=O) groups excluding carboxylic acids is 1. The molecule has 0 amide bonds. The molecule has 0 radical (unpaired) electrons. The van der Waals surface area contributed by atoms with Crippen LogP contribution in [0.5, 0.6) is 5.88 Å². The van der Waals surface area contributed by atoms with Crippen molar-refractivity contribution in [3.05, 3.63) is 26.4 Å². The fourth-order valence-corrected chi connectivity index (χ4v) is 4.34. The molecule has 2 bridgehead atoms. The largest absolute Gasteiger partial charge is 0.494 e. The number of carbonyl (C=O) groups is 1. The number of ketones is 1. The van der Waals surface area contributed by atoms with Gasteiger partial charge in [0.1, 0.15) is 11.6 Å². The molecular formula is C17H23N3O4. The van der Waals surface area contributed by atoms with Gasteiger partial charge in [-0.25, -0.2) is 4.79 Å². The maximum absolute atomic E-state index is 12.8. The van der Waals surface area contributed by atoms with Gasteiger partial charge in [-0.05, 0) is 24.2 Å². The van der Waals surface area contributed by atoms with Crippen molar-refractivity contribution in [1.82, 2.24) is 9.13 Å². The van der Waals surface area contributed by atoms with Gasteiger partial charge in [-0.3, -0.25) is 23.7 Å². The van der Waals surface area contributed by atoms with Crippen LogP contribution in [0.1, 0.15) is 39.2 Å². The van der Waals surface area contributed by atoms with E-state index in [4.69, 9.17) is 0 Å². The summed E-state index contributed by atoms with van der Waals surface area (Å²) in [5, 5.41) is 10.1. The molecule has 1 heterocycles. The molecular weight excluding hydrogens is 310 g/mol. The van der Waals surface area contributed by atoms with E-state index in [0.29, 0.717) is 0 Å². The smallest absolute Gasteiger partial charge is 0.333 e. The van der Waals surface area contributed by atoms with Crippen molar-refractivity contribution in [2.75, 3.05) is 0 Å². The van der Waals surface area contributed by atoms with Crippen molar-refractivity contribution in [2.24, 2.45) is 35.8 Å². The van der Waals surface area contributed by atoms with Crippen LogP contribution < -0.4 is 11.2 Å². The fraction of sp³-hybridized carbons (Fsp3) is 0.647. The molecule has 0 aliphatic heterocycles. The van der Waals surface area contributed by atoms with Crippen molar-refractivity contribution in [3.8, 4) is 5.88 Å². The van der Waals surface area contributed by atoms with Gasteiger partial charge in [0.05, 0.1) is 0 Å². The molecule has 3 atom stereocenters.